The second kappa shape index (κ2) is 8.92. The molecule has 1 rings (SSSR count). The summed E-state index contributed by atoms with van der Waals surface area (Å²) in [6, 6.07) is 2.06. The minimum absolute atomic E-state index is 0.702. The molecule has 0 saturated carbocycles. The lowest BCUT2D eigenvalue weighted by molar-refractivity contribution is -0.131. The van der Waals surface area contributed by atoms with Gasteiger partial charge >= 0.3 is 5.97 Å². The van der Waals surface area contributed by atoms with Crippen LogP contribution in [0.4, 0.5) is 0 Å². The van der Waals surface area contributed by atoms with E-state index in [0.717, 1.165) is 16.9 Å². The zero-order valence-corrected chi connectivity index (χ0v) is 15.3. The van der Waals surface area contributed by atoms with Crippen molar-refractivity contribution in [3.05, 3.63) is 69.8 Å². The second-order valence-electron chi connectivity index (χ2n) is 5.89. The number of carboxylic acids is 1. The molecule has 0 amide bonds. The summed E-state index contributed by atoms with van der Waals surface area (Å²) in [4.78, 5) is 10.6. The van der Waals surface area contributed by atoms with Gasteiger partial charge < -0.3 is 9.84 Å². The van der Waals surface area contributed by atoms with Gasteiger partial charge in [0.1, 0.15) is 5.75 Å². The van der Waals surface area contributed by atoms with Crippen LogP contribution in [-0.2, 0) is 4.79 Å². The molecule has 3 nitrogen and oxygen atoms in total. The van der Waals surface area contributed by atoms with Crippen LogP contribution in [0.2, 0.25) is 0 Å². The van der Waals surface area contributed by atoms with Crippen LogP contribution in [0.5, 0.6) is 5.75 Å². The number of rotatable bonds is 6. The Kier molecular flexibility index (Phi) is 7.25. The molecule has 0 aliphatic carbocycles. The highest BCUT2D eigenvalue weighted by molar-refractivity contribution is 5.81. The Morgan fingerprint density at radius 2 is 1.75 bits per heavy atom. The normalized spacial score (nSPS) is 13.1. The first-order chi connectivity index (χ1) is 11.3. The smallest absolute Gasteiger partial charge is 0.328 e. The predicted molar refractivity (Wildman–Crippen MR) is 101 cm³/mol. The number of carbonyl (C=O) groups is 1. The third-order valence-electron chi connectivity index (χ3n) is 3.91. The van der Waals surface area contributed by atoms with E-state index in [2.05, 4.69) is 39.0 Å². The van der Waals surface area contributed by atoms with Gasteiger partial charge in [-0.05, 0) is 68.5 Å². The largest absolute Gasteiger partial charge is 0.496 e. The van der Waals surface area contributed by atoms with Gasteiger partial charge in [-0.25, -0.2) is 4.79 Å². The minimum atomic E-state index is -0.932. The van der Waals surface area contributed by atoms with Gasteiger partial charge in [0.25, 0.3) is 0 Å². The van der Waals surface area contributed by atoms with Crippen molar-refractivity contribution in [2.75, 3.05) is 7.11 Å². The molecule has 128 valence electrons. The van der Waals surface area contributed by atoms with Crippen molar-refractivity contribution in [3.63, 3.8) is 0 Å². The average molecular weight is 326 g/mol. The summed E-state index contributed by atoms with van der Waals surface area (Å²) in [5.74, 6) is -0.0170. The van der Waals surface area contributed by atoms with Crippen molar-refractivity contribution in [3.8, 4) is 5.75 Å². The third kappa shape index (κ3) is 5.58. The van der Waals surface area contributed by atoms with Crippen LogP contribution in [0, 0.1) is 20.8 Å². The number of carboxylic acid groups (broad SMARTS) is 1. The summed E-state index contributed by atoms with van der Waals surface area (Å²) in [7, 11) is 1.69. The first kappa shape index (κ1) is 19.5. The van der Waals surface area contributed by atoms with Gasteiger partial charge in [0.15, 0.2) is 0 Å². The first-order valence-corrected chi connectivity index (χ1v) is 7.85. The lowest BCUT2D eigenvalue weighted by atomic mass is 9.96. The fourth-order valence-electron chi connectivity index (χ4n) is 2.40. The van der Waals surface area contributed by atoms with Crippen LogP contribution in [0.25, 0.3) is 6.08 Å². The SMILES string of the molecule is COc1cc(C)c(\C=C/C(C)=C/C=C\C(C)=C/C(=O)O)c(C)c1C. The minimum Gasteiger partial charge on any atom is -0.496 e. The van der Waals surface area contributed by atoms with Crippen molar-refractivity contribution in [1.29, 1.82) is 0 Å². The Bertz CT molecular complexity index is 732. The molecule has 1 aromatic rings. The molecule has 0 fully saturated rings. The van der Waals surface area contributed by atoms with Gasteiger partial charge in [0.2, 0.25) is 0 Å². The summed E-state index contributed by atoms with van der Waals surface area (Å²) in [6.45, 7) is 10.0. The molecule has 1 N–H and O–H groups in total. The number of aryl methyl sites for hydroxylation is 1. The summed E-state index contributed by atoms with van der Waals surface area (Å²) in [5, 5.41) is 8.67. The highest BCUT2D eigenvalue weighted by Crippen LogP contribution is 2.28. The van der Waals surface area contributed by atoms with Crippen molar-refractivity contribution in [1.82, 2.24) is 0 Å². The maximum Gasteiger partial charge on any atom is 0.328 e. The molecule has 3 heteroatoms. The van der Waals surface area contributed by atoms with Gasteiger partial charge in [-0.1, -0.05) is 36.0 Å². The Labute approximate surface area is 144 Å². The zero-order valence-electron chi connectivity index (χ0n) is 15.3. The van der Waals surface area contributed by atoms with Crippen LogP contribution < -0.4 is 4.74 Å². The number of allylic oxidation sites excluding steroid dienone is 6. The van der Waals surface area contributed by atoms with E-state index >= 15 is 0 Å². The molecule has 0 atom stereocenters. The molecular weight excluding hydrogens is 300 g/mol. The van der Waals surface area contributed by atoms with Crippen molar-refractivity contribution >= 4 is 12.0 Å². The summed E-state index contributed by atoms with van der Waals surface area (Å²) in [6.07, 6.45) is 10.9. The molecule has 24 heavy (non-hydrogen) atoms. The molecule has 0 radical (unpaired) electrons. The van der Waals surface area contributed by atoms with E-state index in [9.17, 15) is 4.79 Å². The fourth-order valence-corrected chi connectivity index (χ4v) is 2.40. The summed E-state index contributed by atoms with van der Waals surface area (Å²) < 4.78 is 5.40. The Hall–Kier alpha value is -2.55. The number of hydrogen-bond acceptors (Lipinski definition) is 2. The molecule has 1 aromatic carbocycles. The molecule has 0 unspecified atom stereocenters. The van der Waals surface area contributed by atoms with Crippen LogP contribution in [0.15, 0.2) is 47.6 Å². The maximum atomic E-state index is 10.6. The van der Waals surface area contributed by atoms with Crippen LogP contribution in [-0.4, -0.2) is 18.2 Å². The van der Waals surface area contributed by atoms with Gasteiger partial charge in [-0.15, -0.1) is 0 Å². The predicted octanol–water partition coefficient (Wildman–Crippen LogP) is 5.17. The van der Waals surface area contributed by atoms with Gasteiger partial charge in [-0.2, -0.15) is 0 Å². The highest BCUT2D eigenvalue weighted by atomic mass is 16.5. The first-order valence-electron chi connectivity index (χ1n) is 7.85. The second-order valence-corrected chi connectivity index (χ2v) is 5.89. The van der Waals surface area contributed by atoms with E-state index in [-0.39, 0.29) is 0 Å². The molecule has 0 spiro atoms. The van der Waals surface area contributed by atoms with E-state index in [1.165, 1.54) is 22.8 Å². The number of hydrogen-bond donors (Lipinski definition) is 1. The zero-order chi connectivity index (χ0) is 18.3. The standard InChI is InChI=1S/C21H26O3/c1-14(8-7-9-15(2)12-21(22)23)10-11-19-16(3)13-20(24-6)18(5)17(19)4/h7-13H,1-6H3,(H,22,23)/b9-7-,11-10-,14-8+,15-12-. The fraction of sp³-hybridized carbons (Fsp3) is 0.286. The van der Waals surface area contributed by atoms with Gasteiger partial charge in [-0.3, -0.25) is 0 Å². The maximum absolute atomic E-state index is 10.6. The van der Waals surface area contributed by atoms with Gasteiger partial charge in [0.05, 0.1) is 7.11 Å². The van der Waals surface area contributed by atoms with Crippen molar-refractivity contribution in [2.24, 2.45) is 0 Å². The number of aliphatic carboxylic acids is 1. The summed E-state index contributed by atoms with van der Waals surface area (Å²) in [5.41, 5.74) is 6.53. The molecular formula is C21H26O3. The quantitative estimate of drug-likeness (QED) is 0.579. The monoisotopic (exact) mass is 326 g/mol. The van der Waals surface area contributed by atoms with E-state index in [1.54, 1.807) is 20.1 Å². The topological polar surface area (TPSA) is 46.5 Å². The Balaban J connectivity index is 2.97. The molecule has 0 saturated heterocycles. The lowest BCUT2D eigenvalue weighted by Crippen LogP contribution is -1.95. The molecule has 0 bridgehead atoms. The van der Waals surface area contributed by atoms with Crippen LogP contribution in [0.1, 0.15) is 36.1 Å². The molecule has 0 aliphatic rings. The van der Waals surface area contributed by atoms with E-state index in [4.69, 9.17) is 9.84 Å². The lowest BCUT2D eigenvalue weighted by Gasteiger charge is -2.13. The number of ether oxygens (including phenoxy) is 1. The third-order valence-corrected chi connectivity index (χ3v) is 3.91. The number of benzene rings is 1. The number of methoxy groups -OCH3 is 1. The average Bonchev–Trinajstić information content (AvgIpc) is 2.50. The van der Waals surface area contributed by atoms with E-state index < -0.39 is 5.97 Å². The van der Waals surface area contributed by atoms with Crippen LogP contribution in [0.3, 0.4) is 0 Å². The molecule has 0 aromatic heterocycles. The molecule has 0 heterocycles. The van der Waals surface area contributed by atoms with E-state index in [0.29, 0.717) is 5.57 Å². The Morgan fingerprint density at radius 3 is 2.33 bits per heavy atom. The van der Waals surface area contributed by atoms with Crippen molar-refractivity contribution < 1.29 is 14.6 Å². The van der Waals surface area contributed by atoms with E-state index in [1.807, 2.05) is 19.1 Å². The highest BCUT2D eigenvalue weighted by Gasteiger charge is 2.08. The van der Waals surface area contributed by atoms with Gasteiger partial charge in [0, 0.05) is 6.08 Å². The summed E-state index contributed by atoms with van der Waals surface area (Å²) >= 11 is 0. The molecule has 0 aliphatic heterocycles. The van der Waals surface area contributed by atoms with Crippen LogP contribution >= 0.6 is 0 Å². The Morgan fingerprint density at radius 1 is 1.08 bits per heavy atom. The van der Waals surface area contributed by atoms with Crippen molar-refractivity contribution in [2.45, 2.75) is 34.6 Å².